The highest BCUT2D eigenvalue weighted by atomic mass is 35.5. The van der Waals surface area contributed by atoms with Crippen LogP contribution in [0.1, 0.15) is 59.8 Å². The Morgan fingerprint density at radius 3 is 2.58 bits per heavy atom. The minimum absolute atomic E-state index is 0.0636. The molecule has 0 aromatic heterocycles. The van der Waals surface area contributed by atoms with Crippen LogP contribution in [-0.4, -0.2) is 45.9 Å². The van der Waals surface area contributed by atoms with Crippen molar-refractivity contribution in [3.05, 3.63) is 23.6 Å². The number of fused-ring (bicyclic) bond motifs is 5. The zero-order chi connectivity index (χ0) is 24.6. The van der Waals surface area contributed by atoms with E-state index in [0.29, 0.717) is 6.42 Å². The summed E-state index contributed by atoms with van der Waals surface area (Å²) in [7, 11) is 0. The first-order chi connectivity index (χ1) is 15.3. The highest BCUT2D eigenvalue weighted by molar-refractivity contribution is 6.29. The largest absolute Gasteiger partial charge is 0.450 e. The number of ketones is 2. The third-order valence-electron chi connectivity index (χ3n) is 9.37. The number of allylic oxidation sites excluding steroid dienone is 4. The fraction of sp³-hybridized carbons (Fsp3) is 0.720. The highest BCUT2D eigenvalue weighted by Gasteiger charge is 2.77. The SMILES string of the molecule is CCC(=O)O[C@@]1(C(=O)CCl)[C@H](C)C[C@H]2[C@@H]3CCC4=C(F)C(=O)C=C[C@]4(C)[C@@]3(F)[C@@H](O)C[C@@]21C. The van der Waals surface area contributed by atoms with E-state index < -0.39 is 69.3 Å². The zero-order valence-electron chi connectivity index (χ0n) is 19.4. The van der Waals surface area contributed by atoms with Crippen molar-refractivity contribution < 1.29 is 33.0 Å². The molecule has 4 aliphatic rings. The van der Waals surface area contributed by atoms with Crippen LogP contribution >= 0.6 is 11.6 Å². The van der Waals surface area contributed by atoms with Crippen LogP contribution in [0.4, 0.5) is 8.78 Å². The summed E-state index contributed by atoms with van der Waals surface area (Å²) in [5.74, 6) is -4.67. The summed E-state index contributed by atoms with van der Waals surface area (Å²) in [5.41, 5.74) is -6.26. The lowest BCUT2D eigenvalue weighted by atomic mass is 9.44. The molecule has 5 nitrogen and oxygen atoms in total. The van der Waals surface area contributed by atoms with Crippen molar-refractivity contribution in [1.29, 1.82) is 0 Å². The molecule has 3 fully saturated rings. The lowest BCUT2D eigenvalue weighted by molar-refractivity contribution is -0.227. The van der Waals surface area contributed by atoms with E-state index in [0.717, 1.165) is 6.08 Å². The molecule has 182 valence electrons. The summed E-state index contributed by atoms with van der Waals surface area (Å²) < 4.78 is 37.9. The maximum absolute atomic E-state index is 17.2. The van der Waals surface area contributed by atoms with Crippen LogP contribution in [0, 0.1) is 28.6 Å². The first kappa shape index (κ1) is 24.5. The fourth-order valence-corrected chi connectivity index (χ4v) is 8.03. The fourth-order valence-electron chi connectivity index (χ4n) is 7.83. The van der Waals surface area contributed by atoms with E-state index in [-0.39, 0.29) is 37.1 Å². The highest BCUT2D eigenvalue weighted by Crippen LogP contribution is 2.71. The molecule has 1 N–H and O–H groups in total. The van der Waals surface area contributed by atoms with Gasteiger partial charge in [0.2, 0.25) is 5.78 Å². The number of halogens is 3. The number of ether oxygens (including phenoxy) is 1. The molecule has 8 atom stereocenters. The van der Waals surface area contributed by atoms with E-state index in [1.165, 1.54) is 13.0 Å². The van der Waals surface area contributed by atoms with Gasteiger partial charge in [0.25, 0.3) is 0 Å². The van der Waals surface area contributed by atoms with Gasteiger partial charge < -0.3 is 9.84 Å². The molecule has 0 spiro atoms. The molecule has 33 heavy (non-hydrogen) atoms. The maximum Gasteiger partial charge on any atom is 0.306 e. The van der Waals surface area contributed by atoms with Crippen molar-refractivity contribution in [2.75, 3.05) is 5.88 Å². The van der Waals surface area contributed by atoms with E-state index >= 15 is 4.39 Å². The van der Waals surface area contributed by atoms with Crippen LogP contribution < -0.4 is 0 Å². The minimum Gasteiger partial charge on any atom is -0.450 e. The molecular formula is C25H31ClF2O5. The predicted octanol–water partition coefficient (Wildman–Crippen LogP) is 4.40. The molecule has 0 aromatic rings. The van der Waals surface area contributed by atoms with E-state index in [2.05, 4.69) is 0 Å². The molecule has 8 heteroatoms. The average molecular weight is 485 g/mol. The van der Waals surface area contributed by atoms with Crippen LogP contribution in [0.25, 0.3) is 0 Å². The summed E-state index contributed by atoms with van der Waals surface area (Å²) in [4.78, 5) is 37.7. The Labute approximate surface area is 197 Å². The van der Waals surface area contributed by atoms with E-state index in [1.54, 1.807) is 20.8 Å². The van der Waals surface area contributed by atoms with Gasteiger partial charge in [-0.2, -0.15) is 0 Å². The molecule has 0 aromatic carbocycles. The first-order valence-electron chi connectivity index (χ1n) is 11.7. The molecule has 0 unspecified atom stereocenters. The number of hydrogen-bond acceptors (Lipinski definition) is 5. The second-order valence-corrected chi connectivity index (χ2v) is 10.9. The van der Waals surface area contributed by atoms with E-state index in [9.17, 15) is 23.9 Å². The number of aliphatic hydroxyl groups excluding tert-OH is 1. The van der Waals surface area contributed by atoms with Crippen LogP contribution in [0.2, 0.25) is 0 Å². The number of carbonyl (C=O) groups is 3. The van der Waals surface area contributed by atoms with Gasteiger partial charge in [0, 0.05) is 29.1 Å². The molecule has 0 radical (unpaired) electrons. The number of aliphatic hydroxyl groups is 1. The van der Waals surface area contributed by atoms with Crippen LogP contribution in [0.5, 0.6) is 0 Å². The number of rotatable bonds is 4. The number of alkyl halides is 2. The molecule has 0 aliphatic heterocycles. The van der Waals surface area contributed by atoms with Crippen LogP contribution in [0.15, 0.2) is 23.6 Å². The summed E-state index contributed by atoms with van der Waals surface area (Å²) in [6, 6.07) is 0. The van der Waals surface area contributed by atoms with Gasteiger partial charge in [0.15, 0.2) is 22.9 Å². The Bertz CT molecular complexity index is 978. The topological polar surface area (TPSA) is 80.7 Å². The standard InChI is InChI=1S/C25H31ClF2O5/c1-5-20(32)33-25(19(31)12-26)13(2)10-16-14-6-7-15-21(27)17(29)8-9-22(15,3)24(14,28)18(30)11-23(16,25)4/h8-9,13-14,16,18,30H,5-7,10-12H2,1-4H3/t13-,14+,16+,18+,22+,23+,24+,25-/m1/s1. The Morgan fingerprint density at radius 2 is 1.97 bits per heavy atom. The monoisotopic (exact) mass is 484 g/mol. The van der Waals surface area contributed by atoms with Crippen LogP contribution in [0.3, 0.4) is 0 Å². The summed E-state index contributed by atoms with van der Waals surface area (Å²) in [6.07, 6.45) is 1.57. The lowest BCUT2D eigenvalue weighted by Crippen LogP contribution is -2.70. The van der Waals surface area contributed by atoms with Crippen molar-refractivity contribution in [1.82, 2.24) is 0 Å². The Hall–Kier alpha value is -1.60. The van der Waals surface area contributed by atoms with Gasteiger partial charge in [-0.05, 0) is 50.2 Å². The smallest absolute Gasteiger partial charge is 0.306 e. The summed E-state index contributed by atoms with van der Waals surface area (Å²) in [6.45, 7) is 6.75. The van der Waals surface area contributed by atoms with Gasteiger partial charge in [-0.25, -0.2) is 8.78 Å². The Kier molecular flexibility index (Phi) is 5.73. The van der Waals surface area contributed by atoms with E-state index in [4.69, 9.17) is 16.3 Å². The third kappa shape index (κ3) is 2.81. The number of carbonyl (C=O) groups excluding carboxylic acids is 3. The van der Waals surface area contributed by atoms with Gasteiger partial charge in [-0.15, -0.1) is 11.6 Å². The number of hydrogen-bond donors (Lipinski definition) is 1. The van der Waals surface area contributed by atoms with Gasteiger partial charge in [0.1, 0.15) is 0 Å². The average Bonchev–Trinajstić information content (AvgIpc) is 2.99. The first-order valence-corrected chi connectivity index (χ1v) is 12.2. The summed E-state index contributed by atoms with van der Waals surface area (Å²) >= 11 is 5.98. The van der Waals surface area contributed by atoms with Crippen LogP contribution in [-0.2, 0) is 19.1 Å². The van der Waals surface area contributed by atoms with Gasteiger partial charge in [0.05, 0.1) is 12.0 Å². The second kappa shape index (κ2) is 7.70. The molecule has 4 aliphatic carbocycles. The quantitative estimate of drug-likeness (QED) is 0.472. The molecule has 4 rings (SSSR count). The van der Waals surface area contributed by atoms with Gasteiger partial charge in [-0.3, -0.25) is 14.4 Å². The molecule has 0 amide bonds. The maximum atomic E-state index is 17.2. The van der Waals surface area contributed by atoms with Gasteiger partial charge in [-0.1, -0.05) is 26.8 Å². The predicted molar refractivity (Wildman–Crippen MR) is 118 cm³/mol. The zero-order valence-corrected chi connectivity index (χ0v) is 20.2. The molecule has 0 bridgehead atoms. The minimum atomic E-state index is -2.24. The third-order valence-corrected chi connectivity index (χ3v) is 9.62. The summed E-state index contributed by atoms with van der Waals surface area (Å²) in [5, 5.41) is 11.4. The van der Waals surface area contributed by atoms with E-state index in [1.807, 2.05) is 0 Å². The normalized spacial score (nSPS) is 46.5. The van der Waals surface area contributed by atoms with Crippen molar-refractivity contribution in [3.63, 3.8) is 0 Å². The Morgan fingerprint density at radius 1 is 1.30 bits per heavy atom. The lowest BCUT2D eigenvalue weighted by Gasteiger charge is -2.62. The molecular weight excluding hydrogens is 454 g/mol. The molecule has 3 saturated carbocycles. The van der Waals surface area contributed by atoms with Crippen molar-refractivity contribution in [3.8, 4) is 0 Å². The van der Waals surface area contributed by atoms with Crippen molar-refractivity contribution >= 4 is 29.1 Å². The van der Waals surface area contributed by atoms with Crippen molar-refractivity contribution in [2.24, 2.45) is 28.6 Å². The number of Topliss-reactive ketones (excluding diaryl/α,β-unsaturated/α-hetero) is 1. The molecule has 0 saturated heterocycles. The Balaban J connectivity index is 1.87. The molecule has 0 heterocycles. The number of esters is 1. The van der Waals surface area contributed by atoms with Gasteiger partial charge >= 0.3 is 5.97 Å². The van der Waals surface area contributed by atoms with Crippen molar-refractivity contribution in [2.45, 2.75) is 77.2 Å². The second-order valence-electron chi connectivity index (χ2n) is 10.6.